The topological polar surface area (TPSA) is 53.2 Å². The number of pyridine rings is 1. The maximum absolute atomic E-state index is 14.0. The molecular weight excluding hydrogens is 383 g/mol. The molecule has 0 saturated carbocycles. The molecule has 29 heavy (non-hydrogen) atoms. The quantitative estimate of drug-likeness (QED) is 0.302. The second-order valence-corrected chi connectivity index (χ2v) is 6.50. The number of halogens is 3. The first-order valence-electron chi connectivity index (χ1n) is 8.70. The molecule has 0 bridgehead atoms. The van der Waals surface area contributed by atoms with Gasteiger partial charge in [-0.2, -0.15) is 4.57 Å². The minimum atomic E-state index is -1.41. The van der Waals surface area contributed by atoms with Crippen molar-refractivity contribution in [1.82, 2.24) is 0 Å². The lowest BCUT2D eigenvalue weighted by molar-refractivity contribution is -0.617. The normalized spacial score (nSPS) is 11.2. The van der Waals surface area contributed by atoms with Gasteiger partial charge in [0.15, 0.2) is 11.6 Å². The van der Waals surface area contributed by atoms with Crippen LogP contribution in [0.1, 0.15) is 15.9 Å². The van der Waals surface area contributed by atoms with Gasteiger partial charge in [0.05, 0.1) is 22.3 Å². The Morgan fingerprint density at radius 1 is 0.966 bits per heavy atom. The number of hydrogen-bond donors (Lipinski definition) is 0. The van der Waals surface area contributed by atoms with E-state index in [1.807, 2.05) is 0 Å². The van der Waals surface area contributed by atoms with Gasteiger partial charge in [0.2, 0.25) is 11.0 Å². The van der Waals surface area contributed by atoms with Crippen molar-refractivity contribution in [2.24, 2.45) is 7.05 Å². The lowest BCUT2D eigenvalue weighted by Crippen LogP contribution is -2.33. The van der Waals surface area contributed by atoms with Gasteiger partial charge >= 0.3 is 0 Å². The van der Waals surface area contributed by atoms with Crippen molar-refractivity contribution >= 4 is 27.8 Å². The number of fused-ring (bicyclic) bond motifs is 2. The van der Waals surface area contributed by atoms with E-state index in [4.69, 9.17) is 4.74 Å². The van der Waals surface area contributed by atoms with Gasteiger partial charge < -0.3 is 14.6 Å². The van der Waals surface area contributed by atoms with E-state index in [0.717, 1.165) is 6.07 Å². The second-order valence-electron chi connectivity index (χ2n) is 6.50. The highest BCUT2D eigenvalue weighted by Gasteiger charge is 2.22. The summed E-state index contributed by atoms with van der Waals surface area (Å²) in [5.74, 6) is -4.82. The van der Waals surface area contributed by atoms with Crippen molar-refractivity contribution in [3.8, 4) is 5.75 Å². The zero-order chi connectivity index (χ0) is 20.7. The Bertz CT molecular complexity index is 1290. The first-order chi connectivity index (χ1) is 13.9. The fourth-order valence-corrected chi connectivity index (χ4v) is 3.48. The molecule has 0 atom stereocenters. The van der Waals surface area contributed by atoms with Crippen LogP contribution in [0, 0.1) is 17.5 Å². The third-order valence-electron chi connectivity index (χ3n) is 4.87. The van der Waals surface area contributed by atoms with Gasteiger partial charge in [0.1, 0.15) is 25.2 Å². The van der Waals surface area contributed by atoms with Crippen LogP contribution in [0.2, 0.25) is 0 Å². The summed E-state index contributed by atoms with van der Waals surface area (Å²) in [6, 6.07) is 13.2. The van der Waals surface area contributed by atoms with Crippen LogP contribution in [0.5, 0.6) is 5.75 Å². The molecule has 0 fully saturated rings. The minimum absolute atomic E-state index is 0.0890. The zero-order valence-electron chi connectivity index (χ0n) is 15.2. The smallest absolute Gasteiger partial charge is 0.217 e. The summed E-state index contributed by atoms with van der Waals surface area (Å²) in [5, 5.41) is 12.6. The predicted octanol–water partition coefficient (Wildman–Crippen LogP) is 3.18. The van der Waals surface area contributed by atoms with Gasteiger partial charge in [-0.15, -0.1) is 0 Å². The third-order valence-corrected chi connectivity index (χ3v) is 4.87. The highest BCUT2D eigenvalue weighted by atomic mass is 19.2. The van der Waals surface area contributed by atoms with Crippen LogP contribution in [0.25, 0.3) is 21.8 Å². The molecule has 0 spiro atoms. The third kappa shape index (κ3) is 3.04. The molecule has 146 valence electrons. The van der Waals surface area contributed by atoms with E-state index in [1.165, 1.54) is 6.07 Å². The lowest BCUT2D eigenvalue weighted by Gasteiger charge is -2.15. The van der Waals surface area contributed by atoms with E-state index in [0.29, 0.717) is 22.5 Å². The number of para-hydroxylation sites is 1. The number of benzene rings is 3. The average Bonchev–Trinajstić information content (AvgIpc) is 2.71. The van der Waals surface area contributed by atoms with Crippen LogP contribution in [0.4, 0.5) is 13.2 Å². The van der Waals surface area contributed by atoms with E-state index in [1.54, 1.807) is 48.0 Å². The predicted molar refractivity (Wildman–Crippen MR) is 97.6 cm³/mol. The molecule has 0 saturated heterocycles. The van der Waals surface area contributed by atoms with Crippen molar-refractivity contribution in [3.05, 3.63) is 83.2 Å². The molecule has 0 aliphatic rings. The summed E-state index contributed by atoms with van der Waals surface area (Å²) in [6.07, 6.45) is 0. The average molecular weight is 397 g/mol. The van der Waals surface area contributed by atoms with E-state index >= 15 is 0 Å². The first-order valence-corrected chi connectivity index (χ1v) is 8.70. The number of ether oxygens (including phenoxy) is 1. The van der Waals surface area contributed by atoms with Gasteiger partial charge in [0, 0.05) is 17.7 Å². The van der Waals surface area contributed by atoms with Crippen molar-refractivity contribution < 1.29 is 32.4 Å². The maximum atomic E-state index is 14.0. The number of carbonyl (C=O) groups excluding carboxylic acids is 1. The van der Waals surface area contributed by atoms with Gasteiger partial charge in [-0.1, -0.05) is 18.2 Å². The van der Waals surface area contributed by atoms with E-state index < -0.39 is 35.6 Å². The Morgan fingerprint density at radius 3 is 2.41 bits per heavy atom. The van der Waals surface area contributed by atoms with Gasteiger partial charge in [-0.25, -0.2) is 13.2 Å². The number of nitrogens with zero attached hydrogens (tertiary/aromatic N) is 1. The Kier molecular flexibility index (Phi) is 4.58. The molecule has 3 aromatic carbocycles. The largest absolute Gasteiger partial charge is 0.545 e. The number of rotatable bonds is 4. The first kappa shape index (κ1) is 18.7. The highest BCUT2D eigenvalue weighted by Crippen LogP contribution is 2.32. The SMILES string of the molecule is C[n+]1c2ccccc2c(C(=O)[O-])c2c(OCc3c(F)ccc(F)c3F)cccc21. The van der Waals surface area contributed by atoms with Crippen LogP contribution < -0.4 is 14.4 Å². The van der Waals surface area contributed by atoms with Gasteiger partial charge in [0.25, 0.3) is 0 Å². The molecule has 0 amide bonds. The summed E-state index contributed by atoms with van der Waals surface area (Å²) >= 11 is 0. The van der Waals surface area contributed by atoms with E-state index in [9.17, 15) is 23.1 Å². The van der Waals surface area contributed by atoms with E-state index in [2.05, 4.69) is 0 Å². The van der Waals surface area contributed by atoms with E-state index in [-0.39, 0.29) is 16.7 Å². The number of aryl methyl sites for hydroxylation is 1. The minimum Gasteiger partial charge on any atom is -0.545 e. The molecule has 4 rings (SSSR count). The molecular formula is C22H14F3NO3. The monoisotopic (exact) mass is 397 g/mol. The lowest BCUT2D eigenvalue weighted by atomic mass is 10.0. The Hall–Kier alpha value is -3.61. The summed E-state index contributed by atoms with van der Waals surface area (Å²) in [5.41, 5.74) is 0.519. The van der Waals surface area contributed by atoms with Crippen molar-refractivity contribution in [2.45, 2.75) is 6.61 Å². The Labute approximate surface area is 163 Å². The summed E-state index contributed by atoms with van der Waals surface area (Å²) in [6.45, 7) is -0.614. The molecule has 7 heteroatoms. The summed E-state index contributed by atoms with van der Waals surface area (Å²) < 4.78 is 48.7. The number of carbonyl (C=O) groups is 1. The standard InChI is InChI=1S/C22H14F3NO3/c1-26-16-6-3-2-5-12(16)19(22(27)28)20-17(26)7-4-8-18(20)29-11-13-14(23)9-10-15(24)21(13)25/h2-10H,11H2,1H3. The highest BCUT2D eigenvalue weighted by molar-refractivity contribution is 6.13. The Morgan fingerprint density at radius 2 is 1.66 bits per heavy atom. The number of carboxylic acids is 1. The van der Waals surface area contributed by atoms with Crippen molar-refractivity contribution in [1.29, 1.82) is 0 Å². The van der Waals surface area contributed by atoms with Crippen molar-refractivity contribution in [3.63, 3.8) is 0 Å². The number of aromatic carboxylic acids is 1. The molecule has 4 nitrogen and oxygen atoms in total. The van der Waals surface area contributed by atoms with Crippen LogP contribution in [-0.2, 0) is 13.7 Å². The molecule has 0 unspecified atom stereocenters. The molecule has 0 aliphatic carbocycles. The maximum Gasteiger partial charge on any atom is 0.217 e. The fourth-order valence-electron chi connectivity index (χ4n) is 3.48. The van der Waals surface area contributed by atoms with Gasteiger partial charge in [-0.05, 0) is 24.3 Å². The second kappa shape index (κ2) is 7.09. The van der Waals surface area contributed by atoms with Crippen LogP contribution in [0.15, 0.2) is 54.6 Å². The van der Waals surface area contributed by atoms with Crippen molar-refractivity contribution in [2.75, 3.05) is 0 Å². The molecule has 4 aromatic rings. The fraction of sp³-hybridized carbons (Fsp3) is 0.0909. The molecule has 0 aliphatic heterocycles. The molecule has 0 N–H and O–H groups in total. The zero-order valence-corrected chi connectivity index (χ0v) is 15.2. The van der Waals surface area contributed by atoms with Crippen LogP contribution in [-0.4, -0.2) is 5.97 Å². The number of carboxylic acid groups (broad SMARTS) is 1. The number of aromatic nitrogens is 1. The van der Waals surface area contributed by atoms with Gasteiger partial charge in [-0.3, -0.25) is 0 Å². The van der Waals surface area contributed by atoms with Crippen LogP contribution in [0.3, 0.4) is 0 Å². The molecule has 1 heterocycles. The molecule has 0 radical (unpaired) electrons. The summed E-state index contributed by atoms with van der Waals surface area (Å²) in [7, 11) is 1.76. The Balaban J connectivity index is 1.93. The molecule has 1 aromatic heterocycles. The van der Waals surface area contributed by atoms with Crippen LogP contribution >= 0.6 is 0 Å². The summed E-state index contributed by atoms with van der Waals surface area (Å²) in [4.78, 5) is 12.0. The number of hydrogen-bond acceptors (Lipinski definition) is 3.